The molecular formula is C11H24N2+2. The lowest BCUT2D eigenvalue weighted by atomic mass is 9.96. The fourth-order valence-corrected chi connectivity index (χ4v) is 3.08. The number of likely N-dealkylation sites (tertiary alicyclic amines) is 1. The van der Waals surface area contributed by atoms with Crippen molar-refractivity contribution in [1.82, 2.24) is 0 Å². The van der Waals surface area contributed by atoms with Crippen LogP contribution in [0.2, 0.25) is 0 Å². The second-order valence-corrected chi connectivity index (χ2v) is 4.87. The van der Waals surface area contributed by atoms with Gasteiger partial charge in [0.2, 0.25) is 0 Å². The van der Waals surface area contributed by atoms with Gasteiger partial charge in [0.15, 0.2) is 0 Å². The van der Waals surface area contributed by atoms with Crippen molar-refractivity contribution in [2.75, 3.05) is 19.6 Å². The van der Waals surface area contributed by atoms with Crippen molar-refractivity contribution in [3.63, 3.8) is 0 Å². The maximum absolute atomic E-state index is 4.02. The van der Waals surface area contributed by atoms with Gasteiger partial charge in [0.1, 0.15) is 0 Å². The minimum atomic E-state index is 0.949. The summed E-state index contributed by atoms with van der Waals surface area (Å²) in [5, 5.41) is 0. The third-order valence-corrected chi connectivity index (χ3v) is 4.09. The Balaban J connectivity index is 1.77. The molecule has 0 spiro atoms. The minimum absolute atomic E-state index is 0.949. The van der Waals surface area contributed by atoms with Crippen LogP contribution in [0.5, 0.6) is 0 Å². The van der Waals surface area contributed by atoms with Crippen LogP contribution >= 0.6 is 0 Å². The van der Waals surface area contributed by atoms with E-state index in [1.807, 2.05) is 4.90 Å². The maximum Gasteiger partial charge on any atom is 0.0874 e. The third-order valence-electron chi connectivity index (χ3n) is 4.09. The molecule has 1 aliphatic heterocycles. The summed E-state index contributed by atoms with van der Waals surface area (Å²) in [5.74, 6) is 0.949. The molecule has 2 aliphatic rings. The molecule has 13 heavy (non-hydrogen) atoms. The summed E-state index contributed by atoms with van der Waals surface area (Å²) >= 11 is 0. The number of nitrogens with one attached hydrogen (secondary N) is 1. The van der Waals surface area contributed by atoms with Crippen molar-refractivity contribution in [3.05, 3.63) is 0 Å². The first-order valence-electron chi connectivity index (χ1n) is 6.04. The van der Waals surface area contributed by atoms with Crippen molar-refractivity contribution in [3.8, 4) is 0 Å². The average Bonchev–Trinajstić information content (AvgIpc) is 2.71. The van der Waals surface area contributed by atoms with Crippen LogP contribution in [-0.2, 0) is 0 Å². The Hall–Kier alpha value is -0.0800. The van der Waals surface area contributed by atoms with E-state index in [0.717, 1.165) is 18.5 Å². The largest absolute Gasteiger partial charge is 0.357 e. The molecule has 0 radical (unpaired) electrons. The molecule has 0 aromatic rings. The fourth-order valence-electron chi connectivity index (χ4n) is 3.08. The molecule has 0 bridgehead atoms. The maximum atomic E-state index is 4.02. The zero-order chi connectivity index (χ0) is 9.10. The van der Waals surface area contributed by atoms with Gasteiger partial charge in [-0.15, -0.1) is 0 Å². The van der Waals surface area contributed by atoms with Crippen LogP contribution in [0.15, 0.2) is 0 Å². The molecule has 0 aromatic carbocycles. The van der Waals surface area contributed by atoms with Gasteiger partial charge in [-0.25, -0.2) is 0 Å². The number of rotatable bonds is 2. The molecule has 1 aliphatic carbocycles. The highest BCUT2D eigenvalue weighted by Crippen LogP contribution is 2.17. The summed E-state index contributed by atoms with van der Waals surface area (Å²) in [6, 6.07) is 1.03. The van der Waals surface area contributed by atoms with Crippen LogP contribution in [0.4, 0.5) is 0 Å². The molecule has 0 unspecified atom stereocenters. The molecule has 76 valence electrons. The summed E-state index contributed by atoms with van der Waals surface area (Å²) in [5.41, 5.74) is 4.02. The first-order valence-corrected chi connectivity index (χ1v) is 6.04. The molecular weight excluding hydrogens is 160 g/mol. The van der Waals surface area contributed by atoms with E-state index in [0.29, 0.717) is 0 Å². The van der Waals surface area contributed by atoms with Gasteiger partial charge in [0, 0.05) is 18.8 Å². The number of hydrogen-bond donors (Lipinski definition) is 2. The van der Waals surface area contributed by atoms with Gasteiger partial charge in [-0.2, -0.15) is 0 Å². The normalized spacial score (nSPS) is 36.7. The smallest absolute Gasteiger partial charge is 0.0874 e. The molecule has 1 saturated heterocycles. The number of quaternary nitrogens is 2. The van der Waals surface area contributed by atoms with Crippen LogP contribution in [-0.4, -0.2) is 25.7 Å². The molecule has 4 N–H and O–H groups in total. The predicted molar refractivity (Wildman–Crippen MR) is 53.4 cm³/mol. The molecule has 0 aromatic heterocycles. The quantitative estimate of drug-likeness (QED) is 0.578. The monoisotopic (exact) mass is 184 g/mol. The van der Waals surface area contributed by atoms with Crippen LogP contribution in [0.3, 0.4) is 0 Å². The van der Waals surface area contributed by atoms with Gasteiger partial charge < -0.3 is 10.6 Å². The van der Waals surface area contributed by atoms with Gasteiger partial charge in [0.05, 0.1) is 25.7 Å². The molecule has 1 heterocycles. The number of hydrogen-bond acceptors (Lipinski definition) is 0. The van der Waals surface area contributed by atoms with Crippen LogP contribution < -0.4 is 10.6 Å². The van der Waals surface area contributed by atoms with E-state index in [9.17, 15) is 0 Å². The second kappa shape index (κ2) is 4.43. The van der Waals surface area contributed by atoms with Gasteiger partial charge in [-0.3, -0.25) is 0 Å². The van der Waals surface area contributed by atoms with E-state index >= 15 is 0 Å². The topological polar surface area (TPSA) is 32.1 Å². The van der Waals surface area contributed by atoms with Crippen molar-refractivity contribution in [2.45, 2.75) is 44.6 Å². The van der Waals surface area contributed by atoms with Crippen molar-refractivity contribution in [2.24, 2.45) is 5.92 Å². The molecule has 1 saturated carbocycles. The third kappa shape index (κ3) is 2.23. The highest BCUT2D eigenvalue weighted by molar-refractivity contribution is 4.68. The van der Waals surface area contributed by atoms with Crippen LogP contribution in [0.25, 0.3) is 0 Å². The summed E-state index contributed by atoms with van der Waals surface area (Å²) in [4.78, 5) is 1.92. The van der Waals surface area contributed by atoms with Crippen LogP contribution in [0.1, 0.15) is 38.5 Å². The van der Waals surface area contributed by atoms with Gasteiger partial charge >= 0.3 is 0 Å². The molecule has 0 amide bonds. The van der Waals surface area contributed by atoms with Gasteiger partial charge in [-0.05, 0) is 25.7 Å². The zero-order valence-corrected chi connectivity index (χ0v) is 8.73. The standard InChI is InChI=1S/C11H22N2/c12-9-10-5-7-13(8-6-10)11-3-1-2-4-11/h10-11H,1-9,12H2/p+2. The second-order valence-electron chi connectivity index (χ2n) is 4.87. The molecule has 0 atom stereocenters. The van der Waals surface area contributed by atoms with E-state index in [1.165, 1.54) is 51.6 Å². The number of piperidine rings is 1. The van der Waals surface area contributed by atoms with Gasteiger partial charge in [0.25, 0.3) is 0 Å². The Bertz CT molecular complexity index is 144. The molecule has 2 fully saturated rings. The molecule has 2 rings (SSSR count). The van der Waals surface area contributed by atoms with Crippen molar-refractivity contribution in [1.29, 1.82) is 0 Å². The van der Waals surface area contributed by atoms with Gasteiger partial charge in [-0.1, -0.05) is 0 Å². The summed E-state index contributed by atoms with van der Waals surface area (Å²) in [7, 11) is 0. The average molecular weight is 184 g/mol. The van der Waals surface area contributed by atoms with Crippen LogP contribution in [0, 0.1) is 5.92 Å². The Kier molecular flexibility index (Phi) is 3.23. The van der Waals surface area contributed by atoms with E-state index in [-0.39, 0.29) is 0 Å². The lowest BCUT2D eigenvalue weighted by Gasteiger charge is -2.32. The zero-order valence-electron chi connectivity index (χ0n) is 8.73. The van der Waals surface area contributed by atoms with Crippen molar-refractivity contribution >= 4 is 0 Å². The molecule has 2 nitrogen and oxygen atoms in total. The van der Waals surface area contributed by atoms with E-state index < -0.39 is 0 Å². The highest BCUT2D eigenvalue weighted by Gasteiger charge is 2.30. The SMILES string of the molecule is [NH3+]CC1CC[NH+](C2CCCC2)CC1. The minimum Gasteiger partial charge on any atom is -0.357 e. The summed E-state index contributed by atoms with van der Waals surface area (Å²) in [6.45, 7) is 4.04. The lowest BCUT2D eigenvalue weighted by molar-refractivity contribution is -0.930. The highest BCUT2D eigenvalue weighted by atomic mass is 15.2. The van der Waals surface area contributed by atoms with E-state index in [1.54, 1.807) is 0 Å². The Labute approximate surface area is 81.5 Å². The predicted octanol–water partition coefficient (Wildman–Crippen LogP) is -0.534. The summed E-state index contributed by atoms with van der Waals surface area (Å²) in [6.07, 6.45) is 8.87. The van der Waals surface area contributed by atoms with E-state index in [4.69, 9.17) is 0 Å². The summed E-state index contributed by atoms with van der Waals surface area (Å²) < 4.78 is 0. The lowest BCUT2D eigenvalue weighted by Crippen LogP contribution is -3.16. The Morgan fingerprint density at radius 1 is 1.00 bits per heavy atom. The van der Waals surface area contributed by atoms with Crippen molar-refractivity contribution < 1.29 is 10.6 Å². The first-order chi connectivity index (χ1) is 6.40. The van der Waals surface area contributed by atoms with E-state index in [2.05, 4.69) is 5.73 Å². The fraction of sp³-hybridized carbons (Fsp3) is 1.00. The molecule has 2 heteroatoms. The first kappa shape index (κ1) is 9.47. The Morgan fingerprint density at radius 2 is 1.62 bits per heavy atom. The Morgan fingerprint density at radius 3 is 2.15 bits per heavy atom.